The maximum atomic E-state index is 12.8. The minimum Gasteiger partial charge on any atom is -0.296 e. The highest BCUT2D eigenvalue weighted by Gasteiger charge is 2.12. The van der Waals surface area contributed by atoms with Crippen LogP contribution in [0.2, 0.25) is 0 Å². The van der Waals surface area contributed by atoms with E-state index >= 15 is 0 Å². The van der Waals surface area contributed by atoms with Gasteiger partial charge in [0.1, 0.15) is 5.82 Å². The Labute approximate surface area is 106 Å². The molecular weight excluding hydrogens is 233 g/mol. The van der Waals surface area contributed by atoms with Crippen molar-refractivity contribution < 1.29 is 14.0 Å². The van der Waals surface area contributed by atoms with Crippen LogP contribution < -0.4 is 5.32 Å². The zero-order valence-electron chi connectivity index (χ0n) is 10.7. The number of rotatable bonds is 1. The molecule has 0 aliphatic carbocycles. The van der Waals surface area contributed by atoms with E-state index in [4.69, 9.17) is 0 Å². The van der Waals surface area contributed by atoms with Gasteiger partial charge in [-0.15, -0.1) is 0 Å². The van der Waals surface area contributed by atoms with Crippen molar-refractivity contribution in [2.45, 2.75) is 39.0 Å². The second-order valence-electron chi connectivity index (χ2n) is 4.50. The summed E-state index contributed by atoms with van der Waals surface area (Å²) in [6.45, 7) is 3.97. The zero-order chi connectivity index (χ0) is 13.5. The van der Waals surface area contributed by atoms with Crippen LogP contribution >= 0.6 is 0 Å². The molecule has 0 spiro atoms. The van der Waals surface area contributed by atoms with Gasteiger partial charge in [-0.1, -0.05) is 32.0 Å². The molecule has 0 radical (unpaired) electrons. The van der Waals surface area contributed by atoms with Crippen LogP contribution in [-0.2, 0) is 9.59 Å². The molecule has 1 heterocycles. The topological polar surface area (TPSA) is 46.2 Å². The van der Waals surface area contributed by atoms with E-state index in [1.807, 2.05) is 26.0 Å². The zero-order valence-corrected chi connectivity index (χ0v) is 10.7. The third-order valence-electron chi connectivity index (χ3n) is 2.61. The van der Waals surface area contributed by atoms with Crippen molar-refractivity contribution >= 4 is 11.8 Å². The second kappa shape index (κ2) is 6.89. The fraction of sp³-hybridized carbons (Fsp3) is 0.429. The van der Waals surface area contributed by atoms with Crippen LogP contribution in [0.3, 0.4) is 0 Å². The third kappa shape index (κ3) is 4.65. The number of imide groups is 1. The van der Waals surface area contributed by atoms with Gasteiger partial charge >= 0.3 is 0 Å². The van der Waals surface area contributed by atoms with Crippen LogP contribution in [0.4, 0.5) is 4.39 Å². The van der Waals surface area contributed by atoms with Crippen molar-refractivity contribution in [2.75, 3.05) is 0 Å². The van der Waals surface area contributed by atoms with Crippen molar-refractivity contribution in [1.82, 2.24) is 5.32 Å². The van der Waals surface area contributed by atoms with E-state index in [0.717, 1.165) is 5.56 Å². The Morgan fingerprint density at radius 2 is 1.67 bits per heavy atom. The molecule has 0 atom stereocenters. The summed E-state index contributed by atoms with van der Waals surface area (Å²) in [5, 5.41) is 2.20. The molecule has 1 aliphatic heterocycles. The van der Waals surface area contributed by atoms with Crippen LogP contribution in [0.15, 0.2) is 24.3 Å². The summed E-state index contributed by atoms with van der Waals surface area (Å²) in [5.41, 5.74) is 0.794. The normalized spacial score (nSPS) is 14.9. The standard InChI is InChI=1S/C9H11F.C5H7NO2/c1-7(2)8-5-3-4-6-9(8)10;7-4-2-1-3-5(8)6-4/h3-7H,1-2H3;1-3H2,(H,6,7,8). The number of piperidine rings is 1. The molecule has 1 N–H and O–H groups in total. The number of benzene rings is 1. The first-order valence-corrected chi connectivity index (χ1v) is 6.08. The predicted molar refractivity (Wildman–Crippen MR) is 67.5 cm³/mol. The van der Waals surface area contributed by atoms with Crippen LogP contribution in [0.5, 0.6) is 0 Å². The summed E-state index contributed by atoms with van der Waals surface area (Å²) in [7, 11) is 0. The Hall–Kier alpha value is -1.71. The molecule has 0 unspecified atom stereocenters. The molecule has 98 valence electrons. The van der Waals surface area contributed by atoms with Gasteiger partial charge in [-0.05, 0) is 24.0 Å². The molecule has 1 fully saturated rings. The van der Waals surface area contributed by atoms with Gasteiger partial charge in [0.15, 0.2) is 0 Å². The molecule has 1 aliphatic rings. The van der Waals surface area contributed by atoms with E-state index in [1.54, 1.807) is 6.07 Å². The highest BCUT2D eigenvalue weighted by Crippen LogP contribution is 2.16. The van der Waals surface area contributed by atoms with Crippen molar-refractivity contribution in [3.8, 4) is 0 Å². The number of hydrogen-bond acceptors (Lipinski definition) is 2. The Morgan fingerprint density at radius 3 is 2.00 bits per heavy atom. The molecule has 2 amide bonds. The van der Waals surface area contributed by atoms with E-state index in [2.05, 4.69) is 5.32 Å². The van der Waals surface area contributed by atoms with Crippen LogP contribution in [0.1, 0.15) is 44.6 Å². The van der Waals surface area contributed by atoms with Crippen molar-refractivity contribution in [1.29, 1.82) is 0 Å². The molecule has 1 saturated heterocycles. The second-order valence-corrected chi connectivity index (χ2v) is 4.50. The molecule has 4 heteroatoms. The van der Waals surface area contributed by atoms with E-state index in [-0.39, 0.29) is 23.5 Å². The lowest BCUT2D eigenvalue weighted by atomic mass is 10.0. The van der Waals surface area contributed by atoms with E-state index in [9.17, 15) is 14.0 Å². The highest BCUT2D eigenvalue weighted by molar-refractivity contribution is 5.97. The highest BCUT2D eigenvalue weighted by atomic mass is 19.1. The first kappa shape index (κ1) is 14.4. The minimum atomic E-state index is -0.138. The Kier molecular flexibility index (Phi) is 5.49. The largest absolute Gasteiger partial charge is 0.296 e. The first-order valence-electron chi connectivity index (χ1n) is 6.08. The van der Waals surface area contributed by atoms with Crippen LogP contribution in [-0.4, -0.2) is 11.8 Å². The molecule has 0 aromatic heterocycles. The van der Waals surface area contributed by atoms with Gasteiger partial charge in [0.25, 0.3) is 0 Å². The van der Waals surface area contributed by atoms with Crippen LogP contribution in [0.25, 0.3) is 0 Å². The number of hydrogen-bond donors (Lipinski definition) is 1. The molecule has 0 bridgehead atoms. The molecule has 1 aromatic rings. The number of carbonyl (C=O) groups excluding carboxylic acids is 2. The fourth-order valence-electron chi connectivity index (χ4n) is 1.63. The van der Waals surface area contributed by atoms with E-state index in [1.165, 1.54) is 6.07 Å². The molecule has 2 rings (SSSR count). The quantitative estimate of drug-likeness (QED) is 0.780. The summed E-state index contributed by atoms with van der Waals surface area (Å²) >= 11 is 0. The maximum Gasteiger partial charge on any atom is 0.226 e. The summed E-state index contributed by atoms with van der Waals surface area (Å²) in [5.74, 6) is -0.0961. The lowest BCUT2D eigenvalue weighted by Crippen LogP contribution is -2.33. The van der Waals surface area contributed by atoms with Gasteiger partial charge in [0, 0.05) is 12.8 Å². The number of carbonyl (C=O) groups is 2. The average molecular weight is 251 g/mol. The minimum absolute atomic E-state index is 0.0995. The van der Waals surface area contributed by atoms with Crippen molar-refractivity contribution in [2.24, 2.45) is 0 Å². The van der Waals surface area contributed by atoms with Gasteiger partial charge < -0.3 is 0 Å². The van der Waals surface area contributed by atoms with Crippen LogP contribution in [0, 0.1) is 5.82 Å². The SMILES string of the molecule is CC(C)c1ccccc1F.O=C1CCCC(=O)N1. The summed E-state index contributed by atoms with van der Waals surface area (Å²) in [4.78, 5) is 20.7. The average Bonchev–Trinajstić information content (AvgIpc) is 2.29. The molecule has 18 heavy (non-hydrogen) atoms. The maximum absolute atomic E-state index is 12.8. The predicted octanol–water partition coefficient (Wildman–Crippen LogP) is 2.76. The van der Waals surface area contributed by atoms with Gasteiger partial charge in [-0.25, -0.2) is 4.39 Å². The van der Waals surface area contributed by atoms with Crippen molar-refractivity contribution in [3.05, 3.63) is 35.6 Å². The molecule has 3 nitrogen and oxygen atoms in total. The van der Waals surface area contributed by atoms with Gasteiger partial charge in [-0.2, -0.15) is 0 Å². The Balaban J connectivity index is 0.000000184. The molecule has 1 aromatic carbocycles. The lowest BCUT2D eigenvalue weighted by Gasteiger charge is -2.07. The fourth-order valence-corrected chi connectivity index (χ4v) is 1.63. The molecule has 0 saturated carbocycles. The Morgan fingerprint density at radius 1 is 1.11 bits per heavy atom. The lowest BCUT2D eigenvalue weighted by molar-refractivity contribution is -0.132. The van der Waals surface area contributed by atoms with Gasteiger partial charge in [-0.3, -0.25) is 14.9 Å². The first-order chi connectivity index (χ1) is 8.50. The van der Waals surface area contributed by atoms with Crippen molar-refractivity contribution in [3.63, 3.8) is 0 Å². The van der Waals surface area contributed by atoms with Gasteiger partial charge in [0.2, 0.25) is 11.8 Å². The molecular formula is C14H18FNO2. The Bertz CT molecular complexity index is 416. The number of amides is 2. The monoisotopic (exact) mass is 251 g/mol. The number of nitrogens with one attached hydrogen (secondary N) is 1. The summed E-state index contributed by atoms with van der Waals surface area (Å²) < 4.78 is 12.8. The summed E-state index contributed by atoms with van der Waals surface area (Å²) in [6, 6.07) is 6.88. The smallest absolute Gasteiger partial charge is 0.226 e. The van der Waals surface area contributed by atoms with Gasteiger partial charge in [0.05, 0.1) is 0 Å². The third-order valence-corrected chi connectivity index (χ3v) is 2.61. The summed E-state index contributed by atoms with van der Waals surface area (Å²) in [6.07, 6.45) is 1.72. The van der Waals surface area contributed by atoms with E-state index in [0.29, 0.717) is 19.3 Å². The number of halogens is 1. The van der Waals surface area contributed by atoms with E-state index < -0.39 is 0 Å².